The van der Waals surface area contributed by atoms with Crippen molar-refractivity contribution >= 4 is 17.5 Å². The molecule has 1 aromatic carbocycles. The average molecular weight is 329 g/mol. The molecule has 24 heavy (non-hydrogen) atoms. The van der Waals surface area contributed by atoms with Crippen molar-refractivity contribution in [3.05, 3.63) is 40.3 Å². The fraction of sp³-hybridized carbons (Fsp3) is 0.438. The number of Topliss-reactive ketones (excluding diaryl/α,β-unsaturated/α-hetero) is 1. The first-order chi connectivity index (χ1) is 11.4. The first-order valence-corrected chi connectivity index (χ1v) is 7.88. The molecule has 8 nitrogen and oxygen atoms in total. The number of amides is 1. The highest BCUT2D eigenvalue weighted by Gasteiger charge is 2.31. The second-order valence-electron chi connectivity index (χ2n) is 6.07. The van der Waals surface area contributed by atoms with Crippen molar-refractivity contribution in [2.24, 2.45) is 0 Å². The van der Waals surface area contributed by atoms with Crippen molar-refractivity contribution in [3.63, 3.8) is 0 Å². The molecule has 1 amide bonds. The first kappa shape index (κ1) is 16.1. The van der Waals surface area contributed by atoms with Gasteiger partial charge in [0.1, 0.15) is 6.04 Å². The van der Waals surface area contributed by atoms with E-state index < -0.39 is 17.8 Å². The minimum absolute atomic E-state index is 0.0605. The van der Waals surface area contributed by atoms with E-state index in [4.69, 9.17) is 0 Å². The number of ketones is 1. The van der Waals surface area contributed by atoms with Gasteiger partial charge in [-0.15, -0.1) is 4.68 Å². The summed E-state index contributed by atoms with van der Waals surface area (Å²) in [6.45, 7) is 4.84. The number of aromatic nitrogens is 4. The Morgan fingerprint density at radius 3 is 2.67 bits per heavy atom. The molecule has 1 aromatic heterocycles. The molecule has 8 heteroatoms. The van der Waals surface area contributed by atoms with Crippen LogP contribution in [0.4, 0.5) is 10.5 Å². The number of nitrogens with zero attached hydrogens (tertiary/aromatic N) is 5. The van der Waals surface area contributed by atoms with Gasteiger partial charge in [0.2, 0.25) is 0 Å². The number of fused-ring (bicyclic) bond motifs is 1. The van der Waals surface area contributed by atoms with Gasteiger partial charge in [-0.1, -0.05) is 18.2 Å². The molecule has 3 rings (SSSR count). The van der Waals surface area contributed by atoms with Crippen LogP contribution >= 0.6 is 0 Å². The van der Waals surface area contributed by atoms with Gasteiger partial charge in [-0.25, -0.2) is 9.59 Å². The van der Waals surface area contributed by atoms with Gasteiger partial charge < -0.3 is 0 Å². The van der Waals surface area contributed by atoms with E-state index in [0.717, 1.165) is 33.5 Å². The van der Waals surface area contributed by atoms with E-state index in [-0.39, 0.29) is 11.8 Å². The molecule has 0 aliphatic carbocycles. The van der Waals surface area contributed by atoms with E-state index in [1.54, 1.807) is 11.8 Å². The van der Waals surface area contributed by atoms with E-state index in [0.29, 0.717) is 0 Å². The minimum atomic E-state index is -0.759. The lowest BCUT2D eigenvalue weighted by Gasteiger charge is -2.34. The zero-order valence-corrected chi connectivity index (χ0v) is 13.8. The molecule has 0 saturated carbocycles. The van der Waals surface area contributed by atoms with Crippen LogP contribution in [-0.2, 0) is 11.2 Å². The third-order valence-electron chi connectivity index (χ3n) is 4.47. The van der Waals surface area contributed by atoms with E-state index in [2.05, 4.69) is 10.4 Å². The Kier molecular flexibility index (Phi) is 4.04. The van der Waals surface area contributed by atoms with Crippen LogP contribution in [0.25, 0.3) is 0 Å². The van der Waals surface area contributed by atoms with Crippen LogP contribution in [0.2, 0.25) is 0 Å². The molecule has 0 saturated heterocycles. The predicted octanol–water partition coefficient (Wildman–Crippen LogP) is 1.40. The molecule has 0 radical (unpaired) electrons. The quantitative estimate of drug-likeness (QED) is 0.777. The lowest BCUT2D eigenvalue weighted by Crippen LogP contribution is -2.48. The predicted molar refractivity (Wildman–Crippen MR) is 87.2 cm³/mol. The van der Waals surface area contributed by atoms with Crippen LogP contribution in [0, 0.1) is 0 Å². The van der Waals surface area contributed by atoms with Crippen molar-refractivity contribution in [1.29, 1.82) is 0 Å². The van der Waals surface area contributed by atoms with Gasteiger partial charge in [-0.05, 0) is 55.7 Å². The molecule has 0 bridgehead atoms. The summed E-state index contributed by atoms with van der Waals surface area (Å²) < 4.78 is 1.65. The Labute approximate surface area is 138 Å². The minimum Gasteiger partial charge on any atom is -0.298 e. The number of benzene rings is 1. The zero-order valence-electron chi connectivity index (χ0n) is 13.8. The molecule has 2 aromatic rings. The second-order valence-corrected chi connectivity index (χ2v) is 6.07. The summed E-state index contributed by atoms with van der Waals surface area (Å²) in [5, 5.41) is 7.36. The van der Waals surface area contributed by atoms with E-state index in [1.807, 2.05) is 31.2 Å². The maximum absolute atomic E-state index is 12.9. The average Bonchev–Trinajstić information content (AvgIpc) is 2.95. The summed E-state index contributed by atoms with van der Waals surface area (Å²) in [5.41, 5.74) is 1.13. The number of para-hydroxylation sites is 1. The van der Waals surface area contributed by atoms with Crippen molar-refractivity contribution in [3.8, 4) is 0 Å². The van der Waals surface area contributed by atoms with Gasteiger partial charge >= 0.3 is 11.7 Å². The van der Waals surface area contributed by atoms with Crippen molar-refractivity contribution in [1.82, 2.24) is 19.8 Å². The molecule has 0 N–H and O–H groups in total. The van der Waals surface area contributed by atoms with Gasteiger partial charge in [0.05, 0.1) is 0 Å². The number of aryl methyl sites for hydroxylation is 1. The highest BCUT2D eigenvalue weighted by Crippen LogP contribution is 2.30. The Balaban J connectivity index is 2.01. The van der Waals surface area contributed by atoms with E-state index in [1.165, 1.54) is 6.92 Å². The third kappa shape index (κ3) is 2.53. The van der Waals surface area contributed by atoms with Crippen LogP contribution in [0.3, 0.4) is 0 Å². The summed E-state index contributed by atoms with van der Waals surface area (Å²) in [4.78, 5) is 38.3. The van der Waals surface area contributed by atoms with Gasteiger partial charge in [0.25, 0.3) is 0 Å². The van der Waals surface area contributed by atoms with E-state index in [9.17, 15) is 14.4 Å². The topological polar surface area (TPSA) is 90.1 Å². The largest absolute Gasteiger partial charge is 0.373 e. The van der Waals surface area contributed by atoms with Gasteiger partial charge in [-0.3, -0.25) is 9.69 Å². The third-order valence-corrected chi connectivity index (χ3v) is 4.47. The molecule has 2 atom stereocenters. The fourth-order valence-electron chi connectivity index (χ4n) is 2.87. The first-order valence-electron chi connectivity index (χ1n) is 7.88. The molecule has 1 aliphatic heterocycles. The maximum Gasteiger partial charge on any atom is 0.373 e. The molecule has 126 valence electrons. The maximum atomic E-state index is 12.9. The second kappa shape index (κ2) is 6.03. The molecular weight excluding hydrogens is 310 g/mol. The number of carbonyl (C=O) groups is 2. The van der Waals surface area contributed by atoms with Gasteiger partial charge in [-0.2, -0.15) is 4.68 Å². The SMILES string of the molecule is CC(=O)C(C)n1nnn(C(=O)N2c3ccccc3CCC2C)c1=O. The number of hydrogen-bond acceptors (Lipinski definition) is 5. The highest BCUT2D eigenvalue weighted by atomic mass is 16.2. The summed E-state index contributed by atoms with van der Waals surface area (Å²) in [7, 11) is 0. The number of carbonyl (C=O) groups excluding carboxylic acids is 2. The Morgan fingerprint density at radius 1 is 1.25 bits per heavy atom. The van der Waals surface area contributed by atoms with Crippen LogP contribution in [0.1, 0.15) is 38.8 Å². The van der Waals surface area contributed by atoms with Gasteiger partial charge in [0.15, 0.2) is 5.78 Å². The van der Waals surface area contributed by atoms with Crippen molar-refractivity contribution in [2.75, 3.05) is 4.90 Å². The Morgan fingerprint density at radius 2 is 1.96 bits per heavy atom. The number of rotatable bonds is 2. The van der Waals surface area contributed by atoms with Crippen molar-refractivity contribution in [2.45, 2.75) is 45.7 Å². The number of tetrazole rings is 1. The summed E-state index contributed by atoms with van der Waals surface area (Å²) in [6.07, 6.45) is 1.68. The molecule has 2 unspecified atom stereocenters. The standard InChI is InChI=1S/C16H19N5O3/c1-10-8-9-13-6-4-5-7-14(13)19(10)15(23)21-16(24)20(17-18-21)11(2)12(3)22/h4-7,10-11H,8-9H2,1-3H3. The van der Waals surface area contributed by atoms with E-state index >= 15 is 0 Å². The van der Waals surface area contributed by atoms with Crippen LogP contribution in [-0.4, -0.2) is 37.6 Å². The normalized spacial score (nSPS) is 18.1. The van der Waals surface area contributed by atoms with Crippen LogP contribution in [0.5, 0.6) is 0 Å². The van der Waals surface area contributed by atoms with Crippen LogP contribution in [0.15, 0.2) is 29.1 Å². The fourth-order valence-corrected chi connectivity index (χ4v) is 2.87. The van der Waals surface area contributed by atoms with Gasteiger partial charge in [0, 0.05) is 11.7 Å². The number of hydrogen-bond donors (Lipinski definition) is 0. The Bertz CT molecular complexity index is 853. The summed E-state index contributed by atoms with van der Waals surface area (Å²) in [5.74, 6) is -0.228. The zero-order chi connectivity index (χ0) is 17.4. The summed E-state index contributed by atoms with van der Waals surface area (Å²) in [6, 6.07) is 6.24. The molecule has 1 aliphatic rings. The smallest absolute Gasteiger partial charge is 0.298 e. The lowest BCUT2D eigenvalue weighted by atomic mass is 9.97. The molecule has 0 fully saturated rings. The summed E-state index contributed by atoms with van der Waals surface area (Å²) >= 11 is 0. The number of anilines is 1. The van der Waals surface area contributed by atoms with Crippen LogP contribution < -0.4 is 10.6 Å². The molecule has 2 heterocycles. The highest BCUT2D eigenvalue weighted by molar-refractivity contribution is 5.94. The molecular formula is C16H19N5O3. The lowest BCUT2D eigenvalue weighted by molar-refractivity contribution is -0.120. The van der Waals surface area contributed by atoms with Crippen molar-refractivity contribution < 1.29 is 9.59 Å². The molecule has 0 spiro atoms. The Hall–Kier alpha value is -2.77. The monoisotopic (exact) mass is 329 g/mol.